The zero-order chi connectivity index (χ0) is 30.8. The molecule has 224 valence electrons. The Kier molecular flexibility index (Phi) is 11.1. The molecule has 0 aliphatic heterocycles. The van der Waals surface area contributed by atoms with Crippen LogP contribution in [0, 0.1) is 0 Å². The summed E-state index contributed by atoms with van der Waals surface area (Å²) in [4.78, 5) is 29.5. The van der Waals surface area contributed by atoms with Gasteiger partial charge in [0.05, 0.1) is 10.6 Å². The van der Waals surface area contributed by atoms with Crippen molar-refractivity contribution in [1.82, 2.24) is 10.2 Å². The standard InChI is InChI=1S/C34H36BrN3O4S/c1-3-26-18-20-30(21-19-26)38(43(41,42)31-16-9-6-10-17-31)25-33(39)37(24-28-14-11-15-29(35)22-28)32(34(40)36-4-2)23-27-12-7-5-8-13-27/h5-22,32H,3-4,23-25H2,1-2H3,(H,36,40). The summed E-state index contributed by atoms with van der Waals surface area (Å²) in [6, 6.07) is 31.4. The molecule has 0 heterocycles. The molecular formula is C34H36BrN3O4S. The molecule has 0 aliphatic rings. The Hall–Kier alpha value is -3.95. The van der Waals surface area contributed by atoms with Gasteiger partial charge in [-0.05, 0) is 66.4 Å². The van der Waals surface area contributed by atoms with Gasteiger partial charge in [-0.15, -0.1) is 0 Å². The van der Waals surface area contributed by atoms with Crippen molar-refractivity contribution in [2.45, 2.75) is 44.2 Å². The Morgan fingerprint density at radius 3 is 2.02 bits per heavy atom. The minimum Gasteiger partial charge on any atom is -0.355 e. The molecule has 4 rings (SSSR count). The van der Waals surface area contributed by atoms with E-state index in [1.165, 1.54) is 17.0 Å². The summed E-state index contributed by atoms with van der Waals surface area (Å²) in [5.41, 5.74) is 3.10. The lowest BCUT2D eigenvalue weighted by molar-refractivity contribution is -0.140. The van der Waals surface area contributed by atoms with Gasteiger partial charge in [-0.3, -0.25) is 13.9 Å². The second kappa shape index (κ2) is 15.0. The Morgan fingerprint density at radius 2 is 1.42 bits per heavy atom. The molecule has 0 aromatic heterocycles. The molecule has 0 saturated heterocycles. The van der Waals surface area contributed by atoms with E-state index in [4.69, 9.17) is 0 Å². The molecule has 0 spiro atoms. The molecule has 1 atom stereocenters. The molecule has 0 radical (unpaired) electrons. The molecule has 9 heteroatoms. The van der Waals surface area contributed by atoms with Gasteiger partial charge in [-0.2, -0.15) is 0 Å². The van der Waals surface area contributed by atoms with Crippen molar-refractivity contribution in [3.8, 4) is 0 Å². The molecule has 1 unspecified atom stereocenters. The van der Waals surface area contributed by atoms with Crippen LogP contribution in [0.3, 0.4) is 0 Å². The van der Waals surface area contributed by atoms with Gasteiger partial charge in [-0.25, -0.2) is 8.42 Å². The van der Waals surface area contributed by atoms with Crippen molar-refractivity contribution in [3.05, 3.63) is 130 Å². The number of sulfonamides is 1. The van der Waals surface area contributed by atoms with E-state index in [0.29, 0.717) is 12.2 Å². The summed E-state index contributed by atoms with van der Waals surface area (Å²) in [5.74, 6) is -0.800. The van der Waals surface area contributed by atoms with E-state index in [0.717, 1.165) is 31.9 Å². The Balaban J connectivity index is 1.79. The van der Waals surface area contributed by atoms with Crippen molar-refractivity contribution in [1.29, 1.82) is 0 Å². The summed E-state index contributed by atoms with van der Waals surface area (Å²) in [6.45, 7) is 3.86. The Morgan fingerprint density at radius 1 is 0.791 bits per heavy atom. The summed E-state index contributed by atoms with van der Waals surface area (Å²) in [6.07, 6.45) is 1.06. The number of aryl methyl sites for hydroxylation is 1. The minimum atomic E-state index is -4.12. The minimum absolute atomic E-state index is 0.0745. The van der Waals surface area contributed by atoms with Gasteiger partial charge in [0.15, 0.2) is 0 Å². The average molecular weight is 663 g/mol. The number of carbonyl (C=O) groups is 2. The molecule has 43 heavy (non-hydrogen) atoms. The second-order valence-electron chi connectivity index (χ2n) is 10.1. The van der Waals surface area contributed by atoms with Gasteiger partial charge in [0.2, 0.25) is 11.8 Å². The highest BCUT2D eigenvalue weighted by Crippen LogP contribution is 2.26. The molecule has 0 fully saturated rings. The van der Waals surface area contributed by atoms with Crippen LogP contribution < -0.4 is 9.62 Å². The highest BCUT2D eigenvalue weighted by atomic mass is 79.9. The van der Waals surface area contributed by atoms with E-state index in [2.05, 4.69) is 21.2 Å². The number of carbonyl (C=O) groups excluding carboxylic acids is 2. The third kappa shape index (κ3) is 8.33. The Bertz CT molecular complexity index is 1610. The van der Waals surface area contributed by atoms with Crippen LogP contribution in [0.2, 0.25) is 0 Å². The summed E-state index contributed by atoms with van der Waals surface area (Å²) < 4.78 is 30.0. The lowest BCUT2D eigenvalue weighted by Gasteiger charge is -2.34. The monoisotopic (exact) mass is 661 g/mol. The topological polar surface area (TPSA) is 86.8 Å². The maximum Gasteiger partial charge on any atom is 0.264 e. The van der Waals surface area contributed by atoms with Gasteiger partial charge in [0.1, 0.15) is 12.6 Å². The molecule has 1 N–H and O–H groups in total. The maximum absolute atomic E-state index is 14.4. The second-order valence-corrected chi connectivity index (χ2v) is 12.9. The van der Waals surface area contributed by atoms with Crippen molar-refractivity contribution in [2.24, 2.45) is 0 Å². The molecule has 4 aromatic carbocycles. The van der Waals surface area contributed by atoms with E-state index in [1.54, 1.807) is 30.3 Å². The number of hydrogen-bond donors (Lipinski definition) is 1. The quantitative estimate of drug-likeness (QED) is 0.191. The van der Waals surface area contributed by atoms with Crippen molar-refractivity contribution in [2.75, 3.05) is 17.4 Å². The SMILES string of the molecule is CCNC(=O)C(Cc1ccccc1)N(Cc1cccc(Br)c1)C(=O)CN(c1ccc(CC)cc1)S(=O)(=O)c1ccccc1. The maximum atomic E-state index is 14.4. The van der Waals surface area contributed by atoms with Gasteiger partial charge in [-0.1, -0.05) is 95.7 Å². The third-order valence-corrected chi connectivity index (χ3v) is 9.39. The zero-order valence-electron chi connectivity index (χ0n) is 24.3. The van der Waals surface area contributed by atoms with Gasteiger partial charge in [0, 0.05) is 24.0 Å². The first-order valence-corrected chi connectivity index (χ1v) is 16.5. The van der Waals surface area contributed by atoms with E-state index < -0.39 is 28.5 Å². The largest absolute Gasteiger partial charge is 0.355 e. The number of halogens is 1. The lowest BCUT2D eigenvalue weighted by Crippen LogP contribution is -2.53. The Labute approximate surface area is 262 Å². The average Bonchev–Trinajstić information content (AvgIpc) is 3.02. The summed E-state index contributed by atoms with van der Waals surface area (Å²) in [7, 11) is -4.12. The van der Waals surface area contributed by atoms with Crippen molar-refractivity contribution in [3.63, 3.8) is 0 Å². The zero-order valence-corrected chi connectivity index (χ0v) is 26.7. The molecule has 2 amide bonds. The van der Waals surface area contributed by atoms with Crippen LogP contribution >= 0.6 is 15.9 Å². The number of hydrogen-bond acceptors (Lipinski definition) is 4. The predicted octanol–water partition coefficient (Wildman–Crippen LogP) is 5.98. The smallest absolute Gasteiger partial charge is 0.264 e. The van der Waals surface area contributed by atoms with E-state index in [1.807, 2.05) is 80.6 Å². The fourth-order valence-corrected chi connectivity index (χ4v) is 6.71. The highest BCUT2D eigenvalue weighted by molar-refractivity contribution is 9.10. The lowest BCUT2D eigenvalue weighted by atomic mass is 10.0. The molecule has 0 aliphatic carbocycles. The van der Waals surface area contributed by atoms with Crippen LogP contribution in [0.1, 0.15) is 30.5 Å². The molecular weight excluding hydrogens is 626 g/mol. The van der Waals surface area contributed by atoms with Crippen LogP contribution in [-0.2, 0) is 39.0 Å². The number of benzene rings is 4. The van der Waals surface area contributed by atoms with Gasteiger partial charge < -0.3 is 10.2 Å². The number of nitrogens with zero attached hydrogens (tertiary/aromatic N) is 2. The normalized spacial score (nSPS) is 11.9. The van der Waals surface area contributed by atoms with E-state index in [-0.39, 0.29) is 23.8 Å². The van der Waals surface area contributed by atoms with Crippen LogP contribution in [0.5, 0.6) is 0 Å². The van der Waals surface area contributed by atoms with E-state index >= 15 is 0 Å². The van der Waals surface area contributed by atoms with Crippen LogP contribution in [0.15, 0.2) is 119 Å². The fourth-order valence-electron chi connectivity index (χ4n) is 4.82. The number of anilines is 1. The summed E-state index contributed by atoms with van der Waals surface area (Å²) in [5, 5.41) is 2.88. The number of amides is 2. The van der Waals surface area contributed by atoms with Crippen LogP contribution in [0.25, 0.3) is 0 Å². The van der Waals surface area contributed by atoms with E-state index in [9.17, 15) is 18.0 Å². The number of likely N-dealkylation sites (N-methyl/N-ethyl adjacent to an activating group) is 1. The van der Waals surface area contributed by atoms with Gasteiger partial charge in [0.25, 0.3) is 10.0 Å². The van der Waals surface area contributed by atoms with Crippen molar-refractivity contribution < 1.29 is 18.0 Å². The molecule has 4 aromatic rings. The number of nitrogens with one attached hydrogen (secondary N) is 1. The fraction of sp³-hybridized carbons (Fsp3) is 0.235. The number of rotatable bonds is 13. The predicted molar refractivity (Wildman–Crippen MR) is 174 cm³/mol. The molecule has 0 bridgehead atoms. The first-order chi connectivity index (χ1) is 20.7. The first kappa shape index (κ1) is 32.0. The summed E-state index contributed by atoms with van der Waals surface area (Å²) >= 11 is 3.50. The van der Waals surface area contributed by atoms with Crippen molar-refractivity contribution >= 4 is 43.5 Å². The van der Waals surface area contributed by atoms with Gasteiger partial charge >= 0.3 is 0 Å². The first-order valence-electron chi connectivity index (χ1n) is 14.2. The third-order valence-electron chi connectivity index (χ3n) is 7.11. The highest BCUT2D eigenvalue weighted by Gasteiger charge is 2.34. The van der Waals surface area contributed by atoms with Crippen LogP contribution in [-0.4, -0.2) is 44.3 Å². The van der Waals surface area contributed by atoms with Crippen LogP contribution in [0.4, 0.5) is 5.69 Å². The molecule has 0 saturated carbocycles. The molecule has 7 nitrogen and oxygen atoms in total.